The molecule has 0 aliphatic carbocycles. The number of esters is 1. The van der Waals surface area contributed by atoms with Crippen LogP contribution in [0.4, 0.5) is 0 Å². The smallest absolute Gasteiger partial charge is 0.342 e. The van der Waals surface area contributed by atoms with Gasteiger partial charge in [0.2, 0.25) is 0 Å². The number of carbonyl (C=O) groups excluding carboxylic acids is 1. The van der Waals surface area contributed by atoms with Crippen molar-refractivity contribution in [3.05, 3.63) is 28.8 Å². The fourth-order valence-corrected chi connectivity index (χ4v) is 1.73. The number of aryl methyl sites for hydroxylation is 1. The van der Waals surface area contributed by atoms with Gasteiger partial charge in [0.05, 0.1) is 0 Å². The van der Waals surface area contributed by atoms with Crippen LogP contribution in [0.5, 0.6) is 5.75 Å². The van der Waals surface area contributed by atoms with Crippen molar-refractivity contribution in [1.82, 2.24) is 0 Å². The summed E-state index contributed by atoms with van der Waals surface area (Å²) in [4.78, 5) is 11.5. The molecular weight excluding hydrogens is 180 g/mol. The van der Waals surface area contributed by atoms with E-state index in [0.29, 0.717) is 17.5 Å². The van der Waals surface area contributed by atoms with Gasteiger partial charge in [0.15, 0.2) is 0 Å². The molecule has 1 aliphatic rings. The number of fused-ring (bicyclic) bond motifs is 1. The van der Waals surface area contributed by atoms with E-state index in [-0.39, 0.29) is 11.9 Å². The van der Waals surface area contributed by atoms with Gasteiger partial charge in [0.1, 0.15) is 17.4 Å². The van der Waals surface area contributed by atoms with Gasteiger partial charge in [-0.05, 0) is 25.0 Å². The SMILES string of the molecule is Cc1ccc2c(c1O)C(=O)O[C@@H](C)C2. The minimum absolute atomic E-state index is 0.0550. The Morgan fingerprint density at radius 3 is 2.93 bits per heavy atom. The van der Waals surface area contributed by atoms with Crippen molar-refractivity contribution in [1.29, 1.82) is 0 Å². The lowest BCUT2D eigenvalue weighted by atomic mass is 9.96. The number of ether oxygens (including phenoxy) is 1. The van der Waals surface area contributed by atoms with E-state index < -0.39 is 5.97 Å². The lowest BCUT2D eigenvalue weighted by Gasteiger charge is -2.22. The molecule has 1 aromatic carbocycles. The van der Waals surface area contributed by atoms with Gasteiger partial charge < -0.3 is 9.84 Å². The summed E-state index contributed by atoms with van der Waals surface area (Å²) in [6, 6.07) is 3.70. The zero-order valence-electron chi connectivity index (χ0n) is 8.20. The highest BCUT2D eigenvalue weighted by Gasteiger charge is 2.27. The van der Waals surface area contributed by atoms with Crippen LogP contribution in [-0.2, 0) is 11.2 Å². The molecule has 1 aromatic rings. The monoisotopic (exact) mass is 192 g/mol. The Bertz CT molecular complexity index is 396. The molecule has 0 unspecified atom stereocenters. The molecule has 74 valence electrons. The van der Waals surface area contributed by atoms with Gasteiger partial charge in [0, 0.05) is 6.42 Å². The second-order valence-corrected chi connectivity index (χ2v) is 3.69. The first-order chi connectivity index (χ1) is 6.59. The molecule has 0 fully saturated rings. The Hall–Kier alpha value is -1.51. The van der Waals surface area contributed by atoms with E-state index >= 15 is 0 Å². The van der Waals surface area contributed by atoms with E-state index in [1.54, 1.807) is 6.92 Å². The number of carbonyl (C=O) groups is 1. The van der Waals surface area contributed by atoms with Gasteiger partial charge in [-0.3, -0.25) is 0 Å². The van der Waals surface area contributed by atoms with Crippen LogP contribution in [0.3, 0.4) is 0 Å². The molecule has 0 spiro atoms. The van der Waals surface area contributed by atoms with Crippen molar-refractivity contribution in [3.8, 4) is 5.75 Å². The van der Waals surface area contributed by atoms with Crippen molar-refractivity contribution < 1.29 is 14.6 Å². The van der Waals surface area contributed by atoms with Crippen LogP contribution < -0.4 is 0 Å². The molecule has 1 N–H and O–H groups in total. The number of phenols is 1. The van der Waals surface area contributed by atoms with Crippen LogP contribution in [0, 0.1) is 6.92 Å². The summed E-state index contributed by atoms with van der Waals surface area (Å²) in [6.45, 7) is 3.61. The highest BCUT2D eigenvalue weighted by atomic mass is 16.5. The summed E-state index contributed by atoms with van der Waals surface area (Å²) >= 11 is 0. The number of hydrogen-bond donors (Lipinski definition) is 1. The summed E-state index contributed by atoms with van der Waals surface area (Å²) in [7, 11) is 0. The number of cyclic esters (lactones) is 1. The first kappa shape index (κ1) is 9.06. The van der Waals surface area contributed by atoms with Crippen molar-refractivity contribution in [2.75, 3.05) is 0 Å². The molecule has 0 amide bonds. The molecular formula is C11H12O3. The van der Waals surface area contributed by atoms with Gasteiger partial charge in [-0.1, -0.05) is 12.1 Å². The van der Waals surface area contributed by atoms with Crippen LogP contribution in [-0.4, -0.2) is 17.2 Å². The maximum absolute atomic E-state index is 11.5. The minimum atomic E-state index is -0.417. The molecule has 1 aliphatic heterocycles. The van der Waals surface area contributed by atoms with Crippen LogP contribution in [0.1, 0.15) is 28.4 Å². The predicted molar refractivity (Wildman–Crippen MR) is 51.4 cm³/mol. The maximum atomic E-state index is 11.5. The van der Waals surface area contributed by atoms with Gasteiger partial charge in [0.25, 0.3) is 0 Å². The zero-order valence-corrected chi connectivity index (χ0v) is 8.20. The number of rotatable bonds is 0. The normalized spacial score (nSPS) is 20.1. The standard InChI is InChI=1S/C11H12O3/c1-6-3-4-8-5-7(2)14-11(13)9(8)10(6)12/h3-4,7,12H,5H2,1-2H3/t7-/m0/s1. The molecule has 1 heterocycles. The highest BCUT2D eigenvalue weighted by molar-refractivity contribution is 5.95. The number of hydrogen-bond acceptors (Lipinski definition) is 3. The van der Waals surface area contributed by atoms with Crippen molar-refractivity contribution in [2.45, 2.75) is 26.4 Å². The quantitative estimate of drug-likeness (QED) is 0.637. The highest BCUT2D eigenvalue weighted by Crippen LogP contribution is 2.30. The second kappa shape index (κ2) is 3.01. The summed E-state index contributed by atoms with van der Waals surface area (Å²) in [5.41, 5.74) is 1.91. The number of phenolic OH excluding ortho intramolecular Hbond substituents is 1. The molecule has 3 nitrogen and oxygen atoms in total. The predicted octanol–water partition coefficient (Wildman–Crippen LogP) is 1.80. The molecule has 14 heavy (non-hydrogen) atoms. The Morgan fingerprint density at radius 1 is 1.50 bits per heavy atom. The topological polar surface area (TPSA) is 46.5 Å². The lowest BCUT2D eigenvalue weighted by molar-refractivity contribution is 0.0297. The second-order valence-electron chi connectivity index (χ2n) is 3.69. The van der Waals surface area contributed by atoms with E-state index in [0.717, 1.165) is 5.56 Å². The molecule has 0 radical (unpaired) electrons. The van der Waals surface area contributed by atoms with Crippen molar-refractivity contribution in [2.24, 2.45) is 0 Å². The summed E-state index contributed by atoms with van der Waals surface area (Å²) < 4.78 is 5.05. The Morgan fingerprint density at radius 2 is 2.21 bits per heavy atom. The molecule has 1 atom stereocenters. The third-order valence-corrected chi connectivity index (χ3v) is 2.49. The lowest BCUT2D eigenvalue weighted by Crippen LogP contribution is -2.25. The van der Waals surface area contributed by atoms with Crippen LogP contribution in [0.25, 0.3) is 0 Å². The first-order valence-electron chi connectivity index (χ1n) is 4.62. The fourth-order valence-electron chi connectivity index (χ4n) is 1.73. The molecule has 0 aromatic heterocycles. The zero-order chi connectivity index (χ0) is 10.3. The molecule has 0 bridgehead atoms. The van der Waals surface area contributed by atoms with Gasteiger partial charge >= 0.3 is 5.97 Å². The molecule has 0 saturated heterocycles. The van der Waals surface area contributed by atoms with Crippen molar-refractivity contribution >= 4 is 5.97 Å². The van der Waals surface area contributed by atoms with Gasteiger partial charge in [-0.25, -0.2) is 4.79 Å². The molecule has 0 saturated carbocycles. The number of benzene rings is 1. The number of aromatic hydroxyl groups is 1. The average molecular weight is 192 g/mol. The minimum Gasteiger partial charge on any atom is -0.507 e. The van der Waals surface area contributed by atoms with E-state index in [1.807, 2.05) is 19.1 Å². The summed E-state index contributed by atoms with van der Waals surface area (Å²) in [5, 5.41) is 9.70. The van der Waals surface area contributed by atoms with Crippen LogP contribution in [0.2, 0.25) is 0 Å². The van der Waals surface area contributed by atoms with E-state index in [1.165, 1.54) is 0 Å². The third-order valence-electron chi connectivity index (χ3n) is 2.49. The molecule has 2 rings (SSSR count). The first-order valence-corrected chi connectivity index (χ1v) is 4.62. The molecule has 3 heteroatoms. The Kier molecular flexibility index (Phi) is 1.95. The Balaban J connectivity index is 2.60. The van der Waals surface area contributed by atoms with E-state index in [9.17, 15) is 9.90 Å². The summed E-state index contributed by atoms with van der Waals surface area (Å²) in [5.74, 6) is -0.362. The van der Waals surface area contributed by atoms with E-state index in [2.05, 4.69) is 0 Å². The fraction of sp³-hybridized carbons (Fsp3) is 0.364. The average Bonchev–Trinajstić information content (AvgIpc) is 2.10. The van der Waals surface area contributed by atoms with Crippen LogP contribution >= 0.6 is 0 Å². The van der Waals surface area contributed by atoms with Crippen molar-refractivity contribution in [3.63, 3.8) is 0 Å². The van der Waals surface area contributed by atoms with Gasteiger partial charge in [-0.2, -0.15) is 0 Å². The largest absolute Gasteiger partial charge is 0.507 e. The Labute approximate surface area is 82.3 Å². The third kappa shape index (κ3) is 1.25. The van der Waals surface area contributed by atoms with Crippen LogP contribution in [0.15, 0.2) is 12.1 Å². The summed E-state index contributed by atoms with van der Waals surface area (Å²) in [6.07, 6.45) is 0.576. The van der Waals surface area contributed by atoms with Gasteiger partial charge in [-0.15, -0.1) is 0 Å². The maximum Gasteiger partial charge on any atom is 0.342 e. The van der Waals surface area contributed by atoms with E-state index in [4.69, 9.17) is 4.74 Å².